The minimum absolute atomic E-state index is 0.105. The molecule has 3 heterocycles. The molecule has 2 aliphatic heterocycles. The number of halogens is 3. The quantitative estimate of drug-likeness (QED) is 0.545. The van der Waals surface area contributed by atoms with E-state index in [1.54, 1.807) is 12.3 Å². The van der Waals surface area contributed by atoms with Crippen LogP contribution in [0, 0.1) is 12.8 Å². The number of aromatic nitrogens is 2. The predicted octanol–water partition coefficient (Wildman–Crippen LogP) is 4.56. The van der Waals surface area contributed by atoms with E-state index in [9.17, 15) is 13.2 Å². The van der Waals surface area contributed by atoms with Crippen LogP contribution >= 0.6 is 0 Å². The first-order valence-electron chi connectivity index (χ1n) is 11.6. The van der Waals surface area contributed by atoms with Gasteiger partial charge in [0.15, 0.2) is 5.82 Å². The minimum atomic E-state index is -4.43. The Morgan fingerprint density at radius 2 is 1.97 bits per heavy atom. The molecule has 0 saturated carbocycles. The zero-order valence-electron chi connectivity index (χ0n) is 19.3. The predicted molar refractivity (Wildman–Crippen MR) is 128 cm³/mol. The van der Waals surface area contributed by atoms with Gasteiger partial charge in [0.25, 0.3) is 0 Å². The van der Waals surface area contributed by atoms with Crippen LogP contribution in [-0.2, 0) is 6.18 Å². The first-order chi connectivity index (χ1) is 16.2. The fraction of sp³-hybridized carbons (Fsp3) is 0.440. The van der Waals surface area contributed by atoms with Crippen LogP contribution < -0.4 is 16.0 Å². The molecule has 2 aromatic carbocycles. The highest BCUT2D eigenvalue weighted by Gasteiger charge is 2.36. The number of piperidine rings is 1. The summed E-state index contributed by atoms with van der Waals surface area (Å²) in [5.41, 5.74) is 7.23. The molecule has 180 valence electrons. The Balaban J connectivity index is 1.42. The molecule has 2 fully saturated rings. The molecule has 2 unspecified atom stereocenters. The summed E-state index contributed by atoms with van der Waals surface area (Å²) in [6, 6.07) is 10.9. The summed E-state index contributed by atoms with van der Waals surface area (Å²) in [6.45, 7) is 4.60. The van der Waals surface area contributed by atoms with Crippen molar-refractivity contribution in [1.82, 2.24) is 15.1 Å². The van der Waals surface area contributed by atoms with Gasteiger partial charge in [0.2, 0.25) is 0 Å². The molecule has 0 aliphatic carbocycles. The summed E-state index contributed by atoms with van der Waals surface area (Å²) in [5, 5.41) is 13.1. The number of rotatable bonds is 4. The molecular weight excluding hydrogens is 441 g/mol. The van der Waals surface area contributed by atoms with Gasteiger partial charge in [-0.15, -0.1) is 5.10 Å². The van der Waals surface area contributed by atoms with E-state index in [4.69, 9.17) is 5.73 Å². The third kappa shape index (κ3) is 4.18. The molecule has 0 spiro atoms. The van der Waals surface area contributed by atoms with Crippen molar-refractivity contribution in [2.24, 2.45) is 11.7 Å². The molecule has 5 rings (SSSR count). The molecule has 2 aliphatic rings. The fourth-order valence-electron chi connectivity index (χ4n) is 5.54. The second kappa shape index (κ2) is 8.70. The van der Waals surface area contributed by atoms with Crippen LogP contribution in [0.5, 0.6) is 0 Å². The van der Waals surface area contributed by atoms with E-state index in [2.05, 4.69) is 44.5 Å². The van der Waals surface area contributed by atoms with Crippen molar-refractivity contribution in [1.29, 1.82) is 0 Å². The van der Waals surface area contributed by atoms with Crippen molar-refractivity contribution >= 4 is 22.3 Å². The summed E-state index contributed by atoms with van der Waals surface area (Å²) in [6.07, 6.45) is -1.26. The molecule has 3 N–H and O–H groups in total. The number of likely N-dealkylation sites (tertiary alicyclic amines) is 1. The zero-order chi connectivity index (χ0) is 24.0. The SMILES string of the molecule is Cc1c([C@@H](N)Nc2nncc3ccc(N4CCC5C(CCN5C)C4)cc23)cccc1C(F)(F)F. The highest BCUT2D eigenvalue weighted by Crippen LogP contribution is 2.36. The monoisotopic (exact) mass is 470 g/mol. The van der Waals surface area contributed by atoms with Gasteiger partial charge in [-0.2, -0.15) is 18.3 Å². The normalized spacial score (nSPS) is 22.1. The fourth-order valence-corrected chi connectivity index (χ4v) is 5.54. The number of nitrogens with one attached hydrogen (secondary N) is 1. The van der Waals surface area contributed by atoms with E-state index in [1.807, 2.05) is 6.07 Å². The molecule has 9 heteroatoms. The number of hydrogen-bond donors (Lipinski definition) is 2. The second-order valence-corrected chi connectivity index (χ2v) is 9.44. The van der Waals surface area contributed by atoms with Crippen LogP contribution in [0.25, 0.3) is 10.8 Å². The van der Waals surface area contributed by atoms with Gasteiger partial charge in [0.1, 0.15) is 6.17 Å². The van der Waals surface area contributed by atoms with Crippen LogP contribution in [-0.4, -0.2) is 47.8 Å². The molecular formula is C25H29F3N6. The van der Waals surface area contributed by atoms with E-state index in [0.717, 1.165) is 48.6 Å². The molecule has 34 heavy (non-hydrogen) atoms. The molecule has 0 amide bonds. The van der Waals surface area contributed by atoms with Gasteiger partial charge in [0.05, 0.1) is 11.8 Å². The summed E-state index contributed by atoms with van der Waals surface area (Å²) in [4.78, 5) is 4.89. The Hall–Kier alpha value is -2.91. The first-order valence-corrected chi connectivity index (χ1v) is 11.6. The van der Waals surface area contributed by atoms with Crippen LogP contribution in [0.4, 0.5) is 24.7 Å². The standard InChI is InChI=1S/C25H29F3N6/c1-15-19(4-3-5-21(15)25(26,27)28)23(29)31-24-20-12-18(7-6-16(20)13-30-32-24)34-11-9-22-17(14-34)8-10-33(22)2/h3-7,12-13,17,22-23H,8-11,14,29H2,1-2H3,(H,31,32)/t17?,22?,23-/m0/s1. The molecule has 3 aromatic rings. The Morgan fingerprint density at radius 1 is 1.15 bits per heavy atom. The van der Waals surface area contributed by atoms with Crippen molar-refractivity contribution < 1.29 is 13.2 Å². The number of nitrogens with two attached hydrogens (primary N) is 1. The molecule has 0 radical (unpaired) electrons. The van der Waals surface area contributed by atoms with Gasteiger partial charge >= 0.3 is 6.18 Å². The van der Waals surface area contributed by atoms with Crippen LogP contribution in [0.3, 0.4) is 0 Å². The van der Waals surface area contributed by atoms with Gasteiger partial charge in [-0.25, -0.2) is 0 Å². The average Bonchev–Trinajstić information content (AvgIpc) is 3.18. The van der Waals surface area contributed by atoms with Crippen molar-refractivity contribution in [3.8, 4) is 0 Å². The lowest BCUT2D eigenvalue weighted by Gasteiger charge is -2.38. The van der Waals surface area contributed by atoms with Crippen molar-refractivity contribution in [3.05, 3.63) is 59.3 Å². The Morgan fingerprint density at radius 3 is 2.76 bits per heavy atom. The number of nitrogens with zero attached hydrogens (tertiary/aromatic N) is 4. The summed E-state index contributed by atoms with van der Waals surface area (Å²) in [5.74, 6) is 1.12. The lowest BCUT2D eigenvalue weighted by atomic mass is 9.92. The highest BCUT2D eigenvalue weighted by atomic mass is 19.4. The van der Waals surface area contributed by atoms with Crippen molar-refractivity contribution in [2.75, 3.05) is 36.9 Å². The molecule has 2 saturated heterocycles. The second-order valence-electron chi connectivity index (χ2n) is 9.44. The van der Waals surface area contributed by atoms with Gasteiger partial charge in [-0.05, 0) is 68.6 Å². The van der Waals surface area contributed by atoms with Crippen LogP contribution in [0.1, 0.15) is 35.7 Å². The maximum absolute atomic E-state index is 13.4. The van der Waals surface area contributed by atoms with Gasteiger partial charge in [-0.3, -0.25) is 0 Å². The molecule has 3 atom stereocenters. The smallest absolute Gasteiger partial charge is 0.371 e. The van der Waals surface area contributed by atoms with Gasteiger partial charge in [-0.1, -0.05) is 18.2 Å². The topological polar surface area (TPSA) is 70.3 Å². The molecule has 0 bridgehead atoms. The molecule has 6 nitrogen and oxygen atoms in total. The Kier molecular flexibility index (Phi) is 5.85. The lowest BCUT2D eigenvalue weighted by Crippen LogP contribution is -2.44. The van der Waals surface area contributed by atoms with E-state index in [-0.39, 0.29) is 5.56 Å². The van der Waals surface area contributed by atoms with Crippen LogP contribution in [0.15, 0.2) is 42.6 Å². The minimum Gasteiger partial charge on any atom is -0.371 e. The van der Waals surface area contributed by atoms with E-state index >= 15 is 0 Å². The van der Waals surface area contributed by atoms with Crippen molar-refractivity contribution in [2.45, 2.75) is 38.1 Å². The number of benzene rings is 2. The summed E-state index contributed by atoms with van der Waals surface area (Å²) < 4.78 is 40.1. The summed E-state index contributed by atoms with van der Waals surface area (Å²) >= 11 is 0. The number of anilines is 2. The number of alkyl halides is 3. The molecule has 1 aromatic heterocycles. The Labute approximate surface area is 196 Å². The third-order valence-corrected chi connectivity index (χ3v) is 7.43. The van der Waals surface area contributed by atoms with Gasteiger partial charge in [0, 0.05) is 35.6 Å². The number of fused-ring (bicyclic) bond motifs is 2. The maximum Gasteiger partial charge on any atom is 0.416 e. The highest BCUT2D eigenvalue weighted by molar-refractivity contribution is 5.93. The van der Waals surface area contributed by atoms with E-state index in [0.29, 0.717) is 23.3 Å². The average molecular weight is 471 g/mol. The third-order valence-electron chi connectivity index (χ3n) is 7.43. The van der Waals surface area contributed by atoms with E-state index in [1.165, 1.54) is 19.4 Å². The largest absolute Gasteiger partial charge is 0.416 e. The Bertz CT molecular complexity index is 1200. The van der Waals surface area contributed by atoms with E-state index < -0.39 is 17.9 Å². The van der Waals surface area contributed by atoms with Crippen LogP contribution in [0.2, 0.25) is 0 Å². The first kappa shape index (κ1) is 22.9. The maximum atomic E-state index is 13.4. The lowest BCUT2D eigenvalue weighted by molar-refractivity contribution is -0.138. The van der Waals surface area contributed by atoms with Crippen molar-refractivity contribution in [3.63, 3.8) is 0 Å². The zero-order valence-corrected chi connectivity index (χ0v) is 19.3. The number of hydrogen-bond acceptors (Lipinski definition) is 6. The summed E-state index contributed by atoms with van der Waals surface area (Å²) in [7, 11) is 2.21. The van der Waals surface area contributed by atoms with Gasteiger partial charge < -0.3 is 20.9 Å².